The van der Waals surface area contributed by atoms with E-state index in [9.17, 15) is 0 Å². The molecule has 0 atom stereocenters. The van der Waals surface area contributed by atoms with Crippen LogP contribution in [0.5, 0.6) is 0 Å². The third-order valence-electron chi connectivity index (χ3n) is 2.89. The van der Waals surface area contributed by atoms with Crippen LogP contribution in [0.15, 0.2) is 42.9 Å². The fraction of sp³-hybridized carbons (Fsp3) is 0.143. The summed E-state index contributed by atoms with van der Waals surface area (Å²) < 4.78 is 2.38. The van der Waals surface area contributed by atoms with Crippen molar-refractivity contribution in [1.82, 2.24) is 14.8 Å². The molecule has 20 heavy (non-hydrogen) atoms. The Morgan fingerprint density at radius 2 is 2.20 bits per heavy atom. The number of nitrogens with one attached hydrogen (secondary N) is 1. The normalized spacial score (nSPS) is 10.7. The van der Waals surface area contributed by atoms with E-state index in [1.165, 1.54) is 11.3 Å². The Labute approximate surface area is 126 Å². The van der Waals surface area contributed by atoms with Gasteiger partial charge in [-0.05, 0) is 17.7 Å². The first-order valence-corrected chi connectivity index (χ1v) is 7.33. The Balaban J connectivity index is 1.74. The highest BCUT2D eigenvalue weighted by Gasteiger charge is 2.03. The van der Waals surface area contributed by atoms with Crippen molar-refractivity contribution >= 4 is 28.6 Å². The number of rotatable bonds is 4. The molecule has 3 aromatic rings. The number of nitrogens with zero attached hydrogens (tertiary/aromatic N) is 3. The highest BCUT2D eigenvalue weighted by atomic mass is 35.5. The molecule has 0 fully saturated rings. The second-order valence-electron chi connectivity index (χ2n) is 4.42. The Hall–Kier alpha value is -1.85. The number of aromatic nitrogens is 3. The topological polar surface area (TPSA) is 42.7 Å². The predicted octanol–water partition coefficient (Wildman–Crippen LogP) is 3.81. The molecule has 0 saturated heterocycles. The summed E-state index contributed by atoms with van der Waals surface area (Å²) >= 11 is 7.31. The molecule has 0 saturated carbocycles. The Kier molecular flexibility index (Phi) is 3.71. The molecule has 0 aliphatic carbocycles. The number of aryl methyl sites for hydroxylation is 1. The van der Waals surface area contributed by atoms with Gasteiger partial charge in [0.1, 0.15) is 0 Å². The van der Waals surface area contributed by atoms with E-state index in [1.807, 2.05) is 31.6 Å². The third kappa shape index (κ3) is 3.00. The van der Waals surface area contributed by atoms with Crippen LogP contribution in [-0.2, 0) is 13.6 Å². The van der Waals surface area contributed by atoms with Crippen LogP contribution in [0.4, 0.5) is 5.69 Å². The van der Waals surface area contributed by atoms with E-state index >= 15 is 0 Å². The average molecular weight is 305 g/mol. The van der Waals surface area contributed by atoms with Gasteiger partial charge in [-0.15, -0.1) is 11.3 Å². The molecule has 3 rings (SSSR count). The Bertz CT molecular complexity index is 719. The van der Waals surface area contributed by atoms with Crippen molar-refractivity contribution in [2.45, 2.75) is 6.54 Å². The molecule has 0 aliphatic heterocycles. The van der Waals surface area contributed by atoms with E-state index in [4.69, 9.17) is 11.6 Å². The van der Waals surface area contributed by atoms with Gasteiger partial charge in [-0.25, -0.2) is 4.98 Å². The van der Waals surface area contributed by atoms with Gasteiger partial charge in [0.15, 0.2) is 4.47 Å². The summed E-state index contributed by atoms with van der Waals surface area (Å²) in [7, 11) is 1.92. The van der Waals surface area contributed by atoms with Gasteiger partial charge in [0, 0.05) is 35.6 Å². The lowest BCUT2D eigenvalue weighted by Crippen LogP contribution is -1.97. The molecule has 6 heteroatoms. The van der Waals surface area contributed by atoms with E-state index in [2.05, 4.69) is 27.5 Å². The minimum atomic E-state index is 0.575. The van der Waals surface area contributed by atoms with Gasteiger partial charge in [0.2, 0.25) is 0 Å². The van der Waals surface area contributed by atoms with E-state index < -0.39 is 0 Å². The number of benzene rings is 1. The maximum Gasteiger partial charge on any atom is 0.183 e. The summed E-state index contributed by atoms with van der Waals surface area (Å²) in [5.74, 6) is 0. The third-order valence-corrected chi connectivity index (χ3v) is 4.01. The maximum absolute atomic E-state index is 5.82. The van der Waals surface area contributed by atoms with Gasteiger partial charge in [-0.3, -0.25) is 4.68 Å². The number of anilines is 1. The van der Waals surface area contributed by atoms with Crippen LogP contribution < -0.4 is 5.32 Å². The Morgan fingerprint density at radius 3 is 2.90 bits per heavy atom. The zero-order valence-electron chi connectivity index (χ0n) is 10.9. The van der Waals surface area contributed by atoms with Crippen molar-refractivity contribution in [3.8, 4) is 11.1 Å². The fourth-order valence-electron chi connectivity index (χ4n) is 1.93. The molecule has 1 aromatic carbocycles. The van der Waals surface area contributed by atoms with Gasteiger partial charge in [-0.2, -0.15) is 5.10 Å². The standard InChI is InChI=1S/C14H13ClN4S/c1-19-9-11(6-18-19)10-3-2-4-12(5-10)16-7-13-8-17-14(15)20-13/h2-6,8-9,16H,7H2,1H3. The van der Waals surface area contributed by atoms with E-state index in [0.717, 1.165) is 28.2 Å². The Morgan fingerprint density at radius 1 is 1.30 bits per heavy atom. The van der Waals surface area contributed by atoms with Crippen LogP contribution in [0.3, 0.4) is 0 Å². The van der Waals surface area contributed by atoms with Crippen LogP contribution in [0.2, 0.25) is 4.47 Å². The van der Waals surface area contributed by atoms with Gasteiger partial charge < -0.3 is 5.32 Å². The molecule has 0 aliphatic rings. The summed E-state index contributed by atoms with van der Waals surface area (Å²) in [5, 5.41) is 7.57. The van der Waals surface area contributed by atoms with Crippen molar-refractivity contribution in [2.24, 2.45) is 7.05 Å². The molecular formula is C14H13ClN4S. The van der Waals surface area contributed by atoms with Crippen molar-refractivity contribution in [3.05, 3.63) is 52.2 Å². The quantitative estimate of drug-likeness (QED) is 0.797. The number of halogens is 1. The van der Waals surface area contributed by atoms with Crippen molar-refractivity contribution in [1.29, 1.82) is 0 Å². The molecule has 0 unspecified atom stereocenters. The van der Waals surface area contributed by atoms with Crippen LogP contribution in [0.25, 0.3) is 11.1 Å². The van der Waals surface area contributed by atoms with Crippen molar-refractivity contribution in [3.63, 3.8) is 0 Å². The maximum atomic E-state index is 5.82. The van der Waals surface area contributed by atoms with E-state index in [1.54, 1.807) is 10.9 Å². The molecule has 2 aromatic heterocycles. The molecule has 0 spiro atoms. The molecule has 2 heterocycles. The average Bonchev–Trinajstić information content (AvgIpc) is 3.06. The lowest BCUT2D eigenvalue weighted by molar-refractivity contribution is 0.768. The van der Waals surface area contributed by atoms with Gasteiger partial charge in [-0.1, -0.05) is 23.7 Å². The first-order valence-electron chi connectivity index (χ1n) is 6.14. The van der Waals surface area contributed by atoms with Crippen LogP contribution in [0.1, 0.15) is 4.88 Å². The van der Waals surface area contributed by atoms with Crippen molar-refractivity contribution < 1.29 is 0 Å². The monoisotopic (exact) mass is 304 g/mol. The molecule has 0 amide bonds. The minimum absolute atomic E-state index is 0.575. The van der Waals surface area contributed by atoms with Crippen LogP contribution in [-0.4, -0.2) is 14.8 Å². The lowest BCUT2D eigenvalue weighted by Gasteiger charge is -2.06. The van der Waals surface area contributed by atoms with Gasteiger partial charge >= 0.3 is 0 Å². The smallest absolute Gasteiger partial charge is 0.183 e. The molecular weight excluding hydrogens is 292 g/mol. The van der Waals surface area contributed by atoms with E-state index in [-0.39, 0.29) is 0 Å². The summed E-state index contributed by atoms with van der Waals surface area (Å²) in [6.07, 6.45) is 5.66. The second kappa shape index (κ2) is 5.64. The van der Waals surface area contributed by atoms with Crippen molar-refractivity contribution in [2.75, 3.05) is 5.32 Å². The number of hydrogen-bond acceptors (Lipinski definition) is 4. The van der Waals surface area contributed by atoms with Crippen LogP contribution in [0, 0.1) is 0 Å². The van der Waals surface area contributed by atoms with Gasteiger partial charge in [0.05, 0.1) is 12.7 Å². The largest absolute Gasteiger partial charge is 0.380 e. The summed E-state index contributed by atoms with van der Waals surface area (Å²) in [4.78, 5) is 5.14. The minimum Gasteiger partial charge on any atom is -0.380 e. The second-order valence-corrected chi connectivity index (χ2v) is 6.11. The molecule has 4 nitrogen and oxygen atoms in total. The first kappa shape index (κ1) is 13.1. The SMILES string of the molecule is Cn1cc(-c2cccc(NCc3cnc(Cl)s3)c2)cn1. The van der Waals surface area contributed by atoms with Crippen LogP contribution >= 0.6 is 22.9 Å². The highest BCUT2D eigenvalue weighted by molar-refractivity contribution is 7.15. The number of hydrogen-bond donors (Lipinski definition) is 1. The molecule has 0 radical (unpaired) electrons. The van der Waals surface area contributed by atoms with Gasteiger partial charge in [0.25, 0.3) is 0 Å². The zero-order valence-corrected chi connectivity index (χ0v) is 12.4. The highest BCUT2D eigenvalue weighted by Crippen LogP contribution is 2.23. The predicted molar refractivity (Wildman–Crippen MR) is 83.1 cm³/mol. The summed E-state index contributed by atoms with van der Waals surface area (Å²) in [5.41, 5.74) is 3.32. The van der Waals surface area contributed by atoms with E-state index in [0.29, 0.717) is 4.47 Å². The summed E-state index contributed by atoms with van der Waals surface area (Å²) in [6, 6.07) is 8.26. The summed E-state index contributed by atoms with van der Waals surface area (Å²) in [6.45, 7) is 0.723. The molecule has 1 N–H and O–H groups in total. The fourth-order valence-corrected chi connectivity index (χ4v) is 2.85. The lowest BCUT2D eigenvalue weighted by atomic mass is 10.1. The first-order chi connectivity index (χ1) is 9.70. The number of thiazole rings is 1. The molecule has 102 valence electrons. The molecule has 0 bridgehead atoms. The zero-order chi connectivity index (χ0) is 13.9.